The molecule has 0 amide bonds. The molecule has 0 heterocycles. The maximum Gasteiger partial charge on any atom is 0.150 e. The van der Waals surface area contributed by atoms with Crippen LogP contribution in [0.25, 0.3) is 0 Å². The average molecular weight is 296 g/mol. The van der Waals surface area contributed by atoms with Crippen LogP contribution in [0.15, 0.2) is 48.5 Å². The number of rotatable bonds is 6. The molecule has 0 unspecified atom stereocenters. The third kappa shape index (κ3) is 3.91. The summed E-state index contributed by atoms with van der Waals surface area (Å²) < 4.78 is 0. The Hall–Kier alpha value is -1.67. The Kier molecular flexibility index (Phi) is 5.13. The Labute approximate surface area is 129 Å². The van der Waals surface area contributed by atoms with Crippen LogP contribution in [0, 0.1) is 6.92 Å². The van der Waals surface area contributed by atoms with Gasteiger partial charge in [0.15, 0.2) is 0 Å². The number of benzene rings is 2. The van der Waals surface area contributed by atoms with Crippen LogP contribution in [0.1, 0.15) is 27.9 Å². The van der Waals surface area contributed by atoms with Crippen molar-refractivity contribution in [2.45, 2.75) is 38.9 Å². The Bertz CT molecular complexity index is 602. The highest BCUT2D eigenvalue weighted by atomic mass is 28.3. The minimum Gasteiger partial charge on any atom is -0.298 e. The summed E-state index contributed by atoms with van der Waals surface area (Å²) in [5.74, 6) is 0. The van der Waals surface area contributed by atoms with Gasteiger partial charge in [-0.15, -0.1) is 0 Å². The van der Waals surface area contributed by atoms with Gasteiger partial charge in [0.25, 0.3) is 0 Å². The highest BCUT2D eigenvalue weighted by Crippen LogP contribution is 2.18. The molecule has 21 heavy (non-hydrogen) atoms. The van der Waals surface area contributed by atoms with E-state index in [9.17, 15) is 4.79 Å². The van der Waals surface area contributed by atoms with Gasteiger partial charge in [-0.2, -0.15) is 0 Å². The SMILES string of the molecule is Cc1c(C=O)cccc1CCC[Si](C)(C)c1ccccc1. The number of aldehydes is 1. The van der Waals surface area contributed by atoms with E-state index >= 15 is 0 Å². The molecule has 1 nitrogen and oxygen atoms in total. The van der Waals surface area contributed by atoms with Gasteiger partial charge in [-0.05, 0) is 24.5 Å². The smallest absolute Gasteiger partial charge is 0.150 e. The minimum atomic E-state index is -1.34. The third-order valence-electron chi connectivity index (χ3n) is 4.42. The van der Waals surface area contributed by atoms with E-state index in [0.29, 0.717) is 0 Å². The lowest BCUT2D eigenvalue weighted by Gasteiger charge is -2.23. The fourth-order valence-electron chi connectivity index (χ4n) is 2.86. The van der Waals surface area contributed by atoms with Crippen LogP contribution in [0.2, 0.25) is 19.1 Å². The summed E-state index contributed by atoms with van der Waals surface area (Å²) >= 11 is 0. The Morgan fingerprint density at radius 2 is 1.71 bits per heavy atom. The van der Waals surface area contributed by atoms with Gasteiger partial charge in [0, 0.05) is 5.56 Å². The van der Waals surface area contributed by atoms with Crippen molar-refractivity contribution < 1.29 is 4.79 Å². The van der Waals surface area contributed by atoms with Crippen molar-refractivity contribution >= 4 is 19.5 Å². The Balaban J connectivity index is 2.00. The first-order chi connectivity index (χ1) is 10.0. The van der Waals surface area contributed by atoms with E-state index in [0.717, 1.165) is 23.8 Å². The molecule has 0 fully saturated rings. The maximum absolute atomic E-state index is 11.0. The molecule has 0 spiro atoms. The van der Waals surface area contributed by atoms with Gasteiger partial charge in [-0.3, -0.25) is 4.79 Å². The van der Waals surface area contributed by atoms with Gasteiger partial charge in [0.05, 0.1) is 8.07 Å². The number of hydrogen-bond acceptors (Lipinski definition) is 1. The van der Waals surface area contributed by atoms with Crippen molar-refractivity contribution in [2.75, 3.05) is 0 Å². The summed E-state index contributed by atoms with van der Waals surface area (Å²) in [5, 5.41) is 1.53. The normalized spacial score (nSPS) is 11.4. The summed E-state index contributed by atoms with van der Waals surface area (Å²) in [6.07, 6.45) is 3.22. The van der Waals surface area contributed by atoms with Crippen LogP contribution in [-0.2, 0) is 6.42 Å². The molecule has 110 valence electrons. The zero-order valence-electron chi connectivity index (χ0n) is 13.2. The summed E-state index contributed by atoms with van der Waals surface area (Å²) in [4.78, 5) is 11.0. The largest absolute Gasteiger partial charge is 0.298 e. The molecule has 0 saturated heterocycles. The topological polar surface area (TPSA) is 17.1 Å². The summed E-state index contributed by atoms with van der Waals surface area (Å²) in [6.45, 7) is 6.94. The van der Waals surface area contributed by atoms with Crippen LogP contribution in [0.3, 0.4) is 0 Å². The van der Waals surface area contributed by atoms with Crippen molar-refractivity contribution in [1.82, 2.24) is 0 Å². The number of hydrogen-bond donors (Lipinski definition) is 0. The van der Waals surface area contributed by atoms with Gasteiger partial charge in [0.2, 0.25) is 0 Å². The minimum absolute atomic E-state index is 0.826. The van der Waals surface area contributed by atoms with Crippen LogP contribution in [0.5, 0.6) is 0 Å². The lowest BCUT2D eigenvalue weighted by atomic mass is 10.00. The van der Waals surface area contributed by atoms with Crippen LogP contribution >= 0.6 is 0 Å². The van der Waals surface area contributed by atoms with Crippen LogP contribution in [0.4, 0.5) is 0 Å². The van der Waals surface area contributed by atoms with E-state index in [1.54, 1.807) is 0 Å². The second kappa shape index (κ2) is 6.86. The van der Waals surface area contributed by atoms with Crippen molar-refractivity contribution in [3.63, 3.8) is 0 Å². The molecule has 2 aromatic rings. The molecule has 0 aliphatic heterocycles. The predicted octanol–water partition coefficient (Wildman–Crippen LogP) is 4.36. The monoisotopic (exact) mass is 296 g/mol. The van der Waals surface area contributed by atoms with E-state index in [4.69, 9.17) is 0 Å². The zero-order valence-corrected chi connectivity index (χ0v) is 14.2. The van der Waals surface area contributed by atoms with Crippen LogP contribution in [-0.4, -0.2) is 14.4 Å². The maximum atomic E-state index is 11.0. The standard InChI is InChI=1S/C19H24OSi/c1-16-17(9-7-10-18(16)15-20)11-8-14-21(2,3)19-12-5-4-6-13-19/h4-7,9-10,12-13,15H,8,11,14H2,1-3H3. The predicted molar refractivity (Wildman–Crippen MR) is 93.3 cm³/mol. The molecule has 0 aliphatic rings. The zero-order chi connectivity index (χ0) is 15.3. The summed E-state index contributed by atoms with van der Waals surface area (Å²) in [7, 11) is -1.34. The average Bonchev–Trinajstić information content (AvgIpc) is 2.50. The highest BCUT2D eigenvalue weighted by molar-refractivity contribution is 6.89. The van der Waals surface area contributed by atoms with Crippen LogP contribution < -0.4 is 5.19 Å². The van der Waals surface area contributed by atoms with Gasteiger partial charge in [-0.1, -0.05) is 79.3 Å². The first kappa shape index (κ1) is 15.7. The number of aryl methyl sites for hydroxylation is 1. The van der Waals surface area contributed by atoms with Crippen molar-refractivity contribution in [3.8, 4) is 0 Å². The fourth-order valence-corrected chi connectivity index (χ4v) is 5.30. The van der Waals surface area contributed by atoms with Crippen molar-refractivity contribution in [2.24, 2.45) is 0 Å². The molecule has 0 radical (unpaired) electrons. The van der Waals surface area contributed by atoms with Gasteiger partial charge in [0.1, 0.15) is 6.29 Å². The quantitative estimate of drug-likeness (QED) is 0.572. The van der Waals surface area contributed by atoms with Crippen molar-refractivity contribution in [1.29, 1.82) is 0 Å². The van der Waals surface area contributed by atoms with Crippen molar-refractivity contribution in [3.05, 3.63) is 65.2 Å². The second-order valence-corrected chi connectivity index (χ2v) is 11.2. The lowest BCUT2D eigenvalue weighted by molar-refractivity contribution is 0.112. The molecule has 0 aromatic heterocycles. The Morgan fingerprint density at radius 1 is 1.00 bits per heavy atom. The lowest BCUT2D eigenvalue weighted by Crippen LogP contribution is -2.40. The number of carbonyl (C=O) groups excluding carboxylic acids is 1. The molecule has 2 aromatic carbocycles. The summed E-state index contributed by atoms with van der Waals surface area (Å²) in [5.41, 5.74) is 3.29. The molecule has 2 heteroatoms. The van der Waals surface area contributed by atoms with E-state index in [1.165, 1.54) is 23.2 Å². The molecule has 0 bridgehead atoms. The Morgan fingerprint density at radius 3 is 2.38 bits per heavy atom. The van der Waals surface area contributed by atoms with Gasteiger partial charge >= 0.3 is 0 Å². The molecular weight excluding hydrogens is 272 g/mol. The molecule has 0 aliphatic carbocycles. The van der Waals surface area contributed by atoms with E-state index < -0.39 is 8.07 Å². The molecule has 2 rings (SSSR count). The number of carbonyl (C=O) groups is 1. The molecule has 0 atom stereocenters. The van der Waals surface area contributed by atoms with E-state index in [2.05, 4.69) is 56.4 Å². The van der Waals surface area contributed by atoms with Gasteiger partial charge < -0.3 is 0 Å². The molecule has 0 N–H and O–H groups in total. The van der Waals surface area contributed by atoms with Gasteiger partial charge in [-0.25, -0.2) is 0 Å². The fraction of sp³-hybridized carbons (Fsp3) is 0.316. The highest BCUT2D eigenvalue weighted by Gasteiger charge is 2.22. The summed E-state index contributed by atoms with van der Waals surface area (Å²) in [6, 6.07) is 18.2. The molecular formula is C19H24OSi. The first-order valence-electron chi connectivity index (χ1n) is 7.64. The third-order valence-corrected chi connectivity index (χ3v) is 7.92. The first-order valence-corrected chi connectivity index (χ1v) is 10.8. The second-order valence-electron chi connectivity index (χ2n) is 6.35. The van der Waals surface area contributed by atoms with E-state index in [-0.39, 0.29) is 0 Å². The van der Waals surface area contributed by atoms with E-state index in [1.807, 2.05) is 12.1 Å². The molecule has 0 saturated carbocycles.